The molecule has 0 spiro atoms. The fourth-order valence-electron chi connectivity index (χ4n) is 2.80. The average molecular weight is 441 g/mol. The molecule has 0 amide bonds. The van der Waals surface area contributed by atoms with Crippen LogP contribution in [0.4, 0.5) is 21.8 Å². The Bertz CT molecular complexity index is 1200. The number of halogens is 2. The summed E-state index contributed by atoms with van der Waals surface area (Å²) < 4.78 is 24.1. The van der Waals surface area contributed by atoms with Gasteiger partial charge in [0, 0.05) is 35.4 Å². The van der Waals surface area contributed by atoms with Crippen LogP contribution in [0.2, 0.25) is 5.02 Å². The molecule has 0 bridgehead atoms. The second-order valence-corrected chi connectivity index (χ2v) is 6.94. The molecule has 4 aromatic rings. The lowest BCUT2D eigenvalue weighted by Gasteiger charge is -2.13. The Morgan fingerprint density at radius 1 is 1.10 bits per heavy atom. The van der Waals surface area contributed by atoms with Crippen LogP contribution in [-0.2, 0) is 6.54 Å². The van der Waals surface area contributed by atoms with Crippen molar-refractivity contribution in [3.63, 3.8) is 0 Å². The van der Waals surface area contributed by atoms with Crippen LogP contribution in [0.25, 0.3) is 11.1 Å². The van der Waals surface area contributed by atoms with Crippen LogP contribution in [-0.4, -0.2) is 27.0 Å². The van der Waals surface area contributed by atoms with E-state index < -0.39 is 5.82 Å². The first-order chi connectivity index (χ1) is 15.0. The zero-order valence-electron chi connectivity index (χ0n) is 16.7. The van der Waals surface area contributed by atoms with Crippen molar-refractivity contribution in [1.82, 2.24) is 19.9 Å². The third kappa shape index (κ3) is 4.89. The molecule has 4 rings (SSSR count). The Morgan fingerprint density at radius 3 is 2.58 bits per heavy atom. The Kier molecular flexibility index (Phi) is 5.94. The average Bonchev–Trinajstić information content (AvgIpc) is 3.20. The molecule has 1 aromatic carbocycles. The maximum Gasteiger partial charge on any atom is 0.316 e. The number of rotatable bonds is 7. The van der Waals surface area contributed by atoms with E-state index in [1.54, 1.807) is 24.7 Å². The van der Waals surface area contributed by atoms with Crippen LogP contribution in [0.3, 0.4) is 0 Å². The van der Waals surface area contributed by atoms with Crippen molar-refractivity contribution in [1.29, 1.82) is 0 Å². The van der Waals surface area contributed by atoms with Gasteiger partial charge in [-0.1, -0.05) is 11.6 Å². The number of ether oxygens (including phenoxy) is 1. The maximum absolute atomic E-state index is 13.4. The summed E-state index contributed by atoms with van der Waals surface area (Å²) in [4.78, 5) is 17.2. The highest BCUT2D eigenvalue weighted by atomic mass is 35.5. The van der Waals surface area contributed by atoms with Crippen LogP contribution in [0.1, 0.15) is 11.5 Å². The van der Waals surface area contributed by atoms with Crippen molar-refractivity contribution in [2.45, 2.75) is 13.5 Å². The van der Waals surface area contributed by atoms with Gasteiger partial charge in [-0.3, -0.25) is 0 Å². The monoisotopic (exact) mass is 440 g/mol. The molecule has 10 heteroatoms. The van der Waals surface area contributed by atoms with Crippen molar-refractivity contribution in [3.05, 3.63) is 71.3 Å². The summed E-state index contributed by atoms with van der Waals surface area (Å²) in [5, 5.41) is 6.29. The molecule has 158 valence electrons. The number of methoxy groups -OCH3 is 1. The minimum absolute atomic E-state index is 0.00328. The van der Waals surface area contributed by atoms with Gasteiger partial charge < -0.3 is 19.8 Å². The minimum Gasteiger partial charge on any atom is -0.467 e. The highest BCUT2D eigenvalue weighted by Gasteiger charge is 2.13. The van der Waals surface area contributed by atoms with Crippen LogP contribution in [0.5, 0.6) is 6.01 Å². The van der Waals surface area contributed by atoms with Gasteiger partial charge in [-0.2, -0.15) is 4.98 Å². The molecule has 0 saturated carbocycles. The Morgan fingerprint density at radius 2 is 1.90 bits per heavy atom. The summed E-state index contributed by atoms with van der Waals surface area (Å²) in [6, 6.07) is 8.32. The second kappa shape index (κ2) is 8.97. The third-order valence-electron chi connectivity index (χ3n) is 4.31. The molecule has 31 heavy (non-hydrogen) atoms. The lowest BCUT2D eigenvalue weighted by Crippen LogP contribution is -2.06. The van der Waals surface area contributed by atoms with Gasteiger partial charge in [0.15, 0.2) is 0 Å². The Hall–Kier alpha value is -3.72. The molecule has 3 heterocycles. The molecule has 0 fully saturated rings. The number of benzene rings is 1. The van der Waals surface area contributed by atoms with E-state index in [9.17, 15) is 4.39 Å². The summed E-state index contributed by atoms with van der Waals surface area (Å²) in [5.41, 5.74) is 1.95. The molecule has 2 N–H and O–H groups in total. The first kappa shape index (κ1) is 20.5. The minimum atomic E-state index is -0.501. The van der Waals surface area contributed by atoms with Crippen LogP contribution >= 0.6 is 11.6 Å². The molecular weight excluding hydrogens is 423 g/mol. The van der Waals surface area contributed by atoms with E-state index in [1.807, 2.05) is 19.1 Å². The number of nitrogens with one attached hydrogen (secondary N) is 2. The van der Waals surface area contributed by atoms with Gasteiger partial charge in [0.25, 0.3) is 0 Å². The zero-order chi connectivity index (χ0) is 21.8. The van der Waals surface area contributed by atoms with Crippen LogP contribution in [0.15, 0.2) is 53.3 Å². The lowest BCUT2D eigenvalue weighted by atomic mass is 10.1. The first-order valence-electron chi connectivity index (χ1n) is 9.26. The van der Waals surface area contributed by atoms with E-state index in [0.29, 0.717) is 35.1 Å². The molecule has 0 unspecified atom stereocenters. The fraction of sp³-hybridized carbons (Fsp3) is 0.143. The maximum atomic E-state index is 13.4. The van der Waals surface area contributed by atoms with Gasteiger partial charge in [-0.05, 0) is 37.3 Å². The number of anilines is 3. The molecule has 3 aromatic heterocycles. The van der Waals surface area contributed by atoms with Gasteiger partial charge in [-0.25, -0.2) is 19.3 Å². The smallest absolute Gasteiger partial charge is 0.316 e. The number of nitrogens with zero attached hydrogens (tertiary/aromatic N) is 4. The standard InChI is InChI=1S/C21H18ClFN6O2/c1-12-3-5-15(31-12)10-24-19-16(13-8-26-21(30-2)27-9-13)11-25-20(29-19)28-14-4-6-18(23)17(22)7-14/h3-9,11H,10H2,1-2H3,(H2,24,25,28,29). The van der Waals surface area contributed by atoms with E-state index in [4.69, 9.17) is 20.8 Å². The van der Waals surface area contributed by atoms with Crippen molar-refractivity contribution < 1.29 is 13.5 Å². The SMILES string of the molecule is COc1ncc(-c2cnc(Nc3ccc(F)c(Cl)c3)nc2NCc2ccc(C)o2)cn1. The first-order valence-corrected chi connectivity index (χ1v) is 9.64. The predicted molar refractivity (Wildman–Crippen MR) is 115 cm³/mol. The van der Waals surface area contributed by atoms with E-state index in [1.165, 1.54) is 19.2 Å². The number of aromatic nitrogens is 4. The zero-order valence-corrected chi connectivity index (χ0v) is 17.4. The third-order valence-corrected chi connectivity index (χ3v) is 4.60. The molecular formula is C21H18ClFN6O2. The molecule has 0 atom stereocenters. The van der Waals surface area contributed by atoms with Crippen molar-refractivity contribution in [2.75, 3.05) is 17.7 Å². The molecule has 8 nitrogen and oxygen atoms in total. The van der Waals surface area contributed by atoms with Crippen LogP contribution < -0.4 is 15.4 Å². The highest BCUT2D eigenvalue weighted by molar-refractivity contribution is 6.31. The molecule has 0 radical (unpaired) electrons. The van der Waals surface area contributed by atoms with E-state index in [0.717, 1.165) is 11.5 Å². The van der Waals surface area contributed by atoms with Gasteiger partial charge in [0.2, 0.25) is 5.95 Å². The van der Waals surface area contributed by atoms with E-state index >= 15 is 0 Å². The molecule has 0 aliphatic rings. The summed E-state index contributed by atoms with van der Waals surface area (Å²) in [6.07, 6.45) is 4.89. The number of hydrogen-bond acceptors (Lipinski definition) is 8. The fourth-order valence-corrected chi connectivity index (χ4v) is 2.98. The highest BCUT2D eigenvalue weighted by Crippen LogP contribution is 2.28. The summed E-state index contributed by atoms with van der Waals surface area (Å²) in [5.74, 6) is 1.92. The van der Waals surface area contributed by atoms with Crippen LogP contribution in [0, 0.1) is 12.7 Å². The normalized spacial score (nSPS) is 10.7. The van der Waals surface area contributed by atoms with Gasteiger partial charge in [-0.15, -0.1) is 0 Å². The largest absolute Gasteiger partial charge is 0.467 e. The topological polar surface area (TPSA) is 98.0 Å². The number of hydrogen-bond donors (Lipinski definition) is 2. The predicted octanol–water partition coefficient (Wildman–Crippen LogP) is 4.99. The summed E-state index contributed by atoms with van der Waals surface area (Å²) in [7, 11) is 1.50. The molecule has 0 saturated heterocycles. The van der Waals surface area contributed by atoms with Crippen molar-refractivity contribution in [2.24, 2.45) is 0 Å². The lowest BCUT2D eigenvalue weighted by molar-refractivity contribution is 0.380. The number of furan rings is 1. The van der Waals surface area contributed by atoms with Crippen molar-refractivity contribution >= 4 is 29.1 Å². The number of aryl methyl sites for hydroxylation is 1. The molecule has 0 aliphatic carbocycles. The molecule has 0 aliphatic heterocycles. The van der Waals surface area contributed by atoms with Gasteiger partial charge in [0.05, 0.1) is 18.7 Å². The summed E-state index contributed by atoms with van der Waals surface area (Å²) in [6.45, 7) is 2.29. The van der Waals surface area contributed by atoms with Crippen molar-refractivity contribution in [3.8, 4) is 17.1 Å². The summed E-state index contributed by atoms with van der Waals surface area (Å²) >= 11 is 5.86. The van der Waals surface area contributed by atoms with Gasteiger partial charge in [0.1, 0.15) is 23.2 Å². The van der Waals surface area contributed by atoms with E-state index in [2.05, 4.69) is 30.6 Å². The Labute approximate surface area is 182 Å². The van der Waals surface area contributed by atoms with E-state index in [-0.39, 0.29) is 11.0 Å². The Balaban J connectivity index is 1.65. The second-order valence-electron chi connectivity index (χ2n) is 6.53. The van der Waals surface area contributed by atoms with Gasteiger partial charge >= 0.3 is 6.01 Å². The quantitative estimate of drug-likeness (QED) is 0.414.